The van der Waals surface area contributed by atoms with Crippen LogP contribution in [-0.4, -0.2) is 10.6 Å². The number of allylic oxidation sites excluding steroid dienone is 2. The van der Waals surface area contributed by atoms with Gasteiger partial charge in [-0.2, -0.15) is 0 Å². The Bertz CT molecular complexity index is 3500. The number of nitrogens with zero attached hydrogens (tertiary/aromatic N) is 3. The van der Waals surface area contributed by atoms with Crippen LogP contribution in [0.25, 0.3) is 55.0 Å². The molecular weight excluding hydrogens is 794 g/mol. The van der Waals surface area contributed by atoms with Crippen LogP contribution in [0.4, 0.5) is 32.8 Å². The molecule has 1 unspecified atom stereocenters. The Kier molecular flexibility index (Phi) is 9.17. The largest absolute Gasteiger partial charge is 0.334 e. The molecule has 1 heterocycles. The number of anilines is 5. The minimum Gasteiger partial charge on any atom is -0.334 e. The van der Waals surface area contributed by atoms with Crippen molar-refractivity contribution in [3.05, 3.63) is 247 Å². The summed E-state index contributed by atoms with van der Waals surface area (Å²) in [6.07, 6.45) is 5.65. The van der Waals surface area contributed by atoms with Gasteiger partial charge in [-0.25, -0.2) is 4.39 Å². The molecule has 1 atom stereocenters. The highest BCUT2D eigenvalue weighted by molar-refractivity contribution is 6.12. The lowest BCUT2D eigenvalue weighted by Crippen LogP contribution is -2.33. The molecule has 0 aliphatic heterocycles. The predicted octanol–water partition coefficient (Wildman–Crippen LogP) is 16.4. The summed E-state index contributed by atoms with van der Waals surface area (Å²) in [7, 11) is 0. The number of halogens is 1. The molecule has 3 nitrogen and oxygen atoms in total. The fourth-order valence-corrected chi connectivity index (χ4v) is 10.7. The van der Waals surface area contributed by atoms with Gasteiger partial charge in [0.15, 0.2) is 0 Å². The van der Waals surface area contributed by atoms with Crippen LogP contribution in [-0.2, 0) is 5.41 Å². The molecule has 0 amide bonds. The Balaban J connectivity index is 1.08. The molecule has 0 fully saturated rings. The summed E-state index contributed by atoms with van der Waals surface area (Å²) in [5.74, 6) is -0.267. The molecule has 9 aromatic carbocycles. The minimum atomic E-state index is -0.267. The van der Waals surface area contributed by atoms with Crippen molar-refractivity contribution in [3.63, 3.8) is 0 Å². The summed E-state index contributed by atoms with van der Waals surface area (Å²) < 4.78 is 17.0. The topological polar surface area (TPSA) is 11.4 Å². The van der Waals surface area contributed by atoms with Gasteiger partial charge >= 0.3 is 0 Å². The van der Waals surface area contributed by atoms with E-state index in [0.29, 0.717) is 0 Å². The van der Waals surface area contributed by atoms with Gasteiger partial charge in [0, 0.05) is 50.0 Å². The first-order chi connectivity index (χ1) is 31.9. The molecular formula is C61H46FN3. The van der Waals surface area contributed by atoms with Crippen molar-refractivity contribution in [3.8, 4) is 16.8 Å². The monoisotopic (exact) mass is 839 g/mol. The van der Waals surface area contributed by atoms with Crippen LogP contribution in [0.1, 0.15) is 31.4 Å². The smallest absolute Gasteiger partial charge is 0.123 e. The molecule has 0 bridgehead atoms. The fraction of sp³-hybridized carbons (Fsp3) is 0.0820. The fourth-order valence-electron chi connectivity index (χ4n) is 10.7. The first-order valence-electron chi connectivity index (χ1n) is 22.5. The van der Waals surface area contributed by atoms with Crippen molar-refractivity contribution in [1.29, 1.82) is 0 Å². The lowest BCUT2D eigenvalue weighted by Gasteiger charge is -2.38. The van der Waals surface area contributed by atoms with Crippen molar-refractivity contribution in [2.45, 2.75) is 31.7 Å². The molecule has 1 aromatic heterocycles. The molecule has 312 valence electrons. The number of rotatable bonds is 8. The summed E-state index contributed by atoms with van der Waals surface area (Å²) in [6, 6.07) is 74.8. The van der Waals surface area contributed by atoms with E-state index >= 15 is 0 Å². The second-order valence-corrected chi connectivity index (χ2v) is 17.9. The summed E-state index contributed by atoms with van der Waals surface area (Å²) in [4.78, 5) is 4.76. The molecule has 2 aliphatic rings. The molecule has 0 radical (unpaired) electrons. The van der Waals surface area contributed by atoms with Gasteiger partial charge in [0.1, 0.15) is 5.82 Å². The third kappa shape index (κ3) is 6.47. The zero-order valence-electron chi connectivity index (χ0n) is 36.4. The Labute approximate surface area is 379 Å². The number of hydrogen-bond acceptors (Lipinski definition) is 2. The van der Waals surface area contributed by atoms with E-state index in [4.69, 9.17) is 0 Å². The zero-order chi connectivity index (χ0) is 43.6. The average Bonchev–Trinajstić information content (AvgIpc) is 3.80. The van der Waals surface area contributed by atoms with Gasteiger partial charge in [-0.15, -0.1) is 0 Å². The maximum absolute atomic E-state index is 14.6. The molecule has 2 aliphatic carbocycles. The lowest BCUT2D eigenvalue weighted by molar-refractivity contribution is 0.585. The standard InChI is InChI=1S/C61H46FN3/c1-61(2)56-25-13-11-23-52(56)53-34-33-48(40-57(53)61)64(46-20-7-4-8-21-46)50-37-43(36-49(39-50)63(45-18-5-3-6-19-45)47-31-29-44(62)30-32-47)42-28-35-60-55(38-42)54-24-12-14-26-59(54)65(60)58-27-15-17-41-16-9-10-22-51(41)58/h3-39,48H,40H2,1-2H3. The predicted molar refractivity (Wildman–Crippen MR) is 271 cm³/mol. The van der Waals surface area contributed by atoms with E-state index < -0.39 is 0 Å². The molecule has 4 heteroatoms. The number of para-hydroxylation sites is 3. The van der Waals surface area contributed by atoms with Crippen LogP contribution in [0.15, 0.2) is 230 Å². The molecule has 0 N–H and O–H groups in total. The lowest BCUT2D eigenvalue weighted by atomic mass is 9.77. The highest BCUT2D eigenvalue weighted by Crippen LogP contribution is 2.52. The highest BCUT2D eigenvalue weighted by Gasteiger charge is 2.40. The van der Waals surface area contributed by atoms with Gasteiger partial charge in [0.05, 0.1) is 22.8 Å². The summed E-state index contributed by atoms with van der Waals surface area (Å²) >= 11 is 0. The third-order valence-corrected chi connectivity index (χ3v) is 13.8. The quantitative estimate of drug-likeness (QED) is 0.151. The zero-order valence-corrected chi connectivity index (χ0v) is 36.4. The van der Waals surface area contributed by atoms with E-state index in [-0.39, 0.29) is 17.3 Å². The van der Waals surface area contributed by atoms with Crippen LogP contribution in [0.2, 0.25) is 0 Å². The van der Waals surface area contributed by atoms with Crippen molar-refractivity contribution in [2.24, 2.45) is 0 Å². The Morgan fingerprint density at radius 2 is 1.15 bits per heavy atom. The van der Waals surface area contributed by atoms with Crippen LogP contribution in [0.3, 0.4) is 0 Å². The van der Waals surface area contributed by atoms with Gasteiger partial charge in [0.25, 0.3) is 0 Å². The minimum absolute atomic E-state index is 0.0324. The maximum Gasteiger partial charge on any atom is 0.123 e. The van der Waals surface area contributed by atoms with Gasteiger partial charge in [-0.05, 0) is 136 Å². The van der Waals surface area contributed by atoms with E-state index in [1.165, 1.54) is 49.3 Å². The number of aromatic nitrogens is 1. The second-order valence-electron chi connectivity index (χ2n) is 17.9. The van der Waals surface area contributed by atoms with Gasteiger partial charge < -0.3 is 14.4 Å². The molecule has 0 spiro atoms. The van der Waals surface area contributed by atoms with Crippen molar-refractivity contribution < 1.29 is 4.39 Å². The van der Waals surface area contributed by atoms with Crippen LogP contribution < -0.4 is 9.80 Å². The first kappa shape index (κ1) is 38.7. The molecule has 65 heavy (non-hydrogen) atoms. The van der Waals surface area contributed by atoms with Crippen LogP contribution >= 0.6 is 0 Å². The Morgan fingerprint density at radius 1 is 0.508 bits per heavy atom. The Morgan fingerprint density at radius 3 is 1.97 bits per heavy atom. The molecule has 0 saturated heterocycles. The van der Waals surface area contributed by atoms with E-state index in [1.807, 2.05) is 18.2 Å². The van der Waals surface area contributed by atoms with Crippen LogP contribution in [0, 0.1) is 5.82 Å². The maximum atomic E-state index is 14.6. The molecule has 12 rings (SSSR count). The number of benzene rings is 9. The van der Waals surface area contributed by atoms with Crippen LogP contribution in [0.5, 0.6) is 0 Å². The Hall–Kier alpha value is -7.95. The SMILES string of the molecule is CC1(C)C2=C(C=CC(N(c3ccccc3)c3cc(-c4ccc5c(c4)c4ccccc4n5-c4cccc5ccccc45)cc(N(c4ccccc4)c4ccc(F)cc4)c3)C2)c2ccccc21. The van der Waals surface area contributed by atoms with E-state index in [9.17, 15) is 4.39 Å². The summed E-state index contributed by atoms with van der Waals surface area (Å²) in [6.45, 7) is 4.76. The van der Waals surface area contributed by atoms with Crippen molar-refractivity contribution in [1.82, 2.24) is 4.57 Å². The van der Waals surface area contributed by atoms with Gasteiger partial charge in [0.2, 0.25) is 0 Å². The third-order valence-electron chi connectivity index (χ3n) is 13.8. The van der Waals surface area contributed by atoms with E-state index in [1.54, 1.807) is 12.1 Å². The molecule has 0 saturated carbocycles. The van der Waals surface area contributed by atoms with Crippen molar-refractivity contribution in [2.75, 3.05) is 9.80 Å². The average molecular weight is 840 g/mol. The second kappa shape index (κ2) is 15.4. The normalized spacial score (nSPS) is 15.1. The number of hydrogen-bond donors (Lipinski definition) is 0. The number of fused-ring (bicyclic) bond motifs is 6. The summed E-state index contributed by atoms with van der Waals surface area (Å²) in [5, 5.41) is 4.82. The first-order valence-corrected chi connectivity index (χ1v) is 22.5. The van der Waals surface area contributed by atoms with Crippen molar-refractivity contribution >= 4 is 66.6 Å². The summed E-state index contributed by atoms with van der Waals surface area (Å²) in [5.41, 5.74) is 16.1. The highest BCUT2D eigenvalue weighted by atomic mass is 19.1. The van der Waals surface area contributed by atoms with E-state index in [2.05, 4.69) is 222 Å². The van der Waals surface area contributed by atoms with Gasteiger partial charge in [-0.1, -0.05) is 147 Å². The molecule has 10 aromatic rings. The van der Waals surface area contributed by atoms with Gasteiger partial charge in [-0.3, -0.25) is 0 Å². The van der Waals surface area contributed by atoms with E-state index in [0.717, 1.165) is 57.2 Å².